The zero-order chi connectivity index (χ0) is 22.4. The number of halogens is 3. The van der Waals surface area contributed by atoms with Crippen LogP contribution in [0.5, 0.6) is 0 Å². The van der Waals surface area contributed by atoms with Crippen molar-refractivity contribution in [2.24, 2.45) is 0 Å². The lowest BCUT2D eigenvalue weighted by Gasteiger charge is -2.24. The second-order valence-electron chi connectivity index (χ2n) is 7.51. The number of aliphatic hydroxyl groups excluding tert-OH is 1. The summed E-state index contributed by atoms with van der Waals surface area (Å²) in [6.45, 7) is 0.530. The Labute approximate surface area is 177 Å². The number of nitrogens with zero attached hydrogens (tertiary/aromatic N) is 2. The van der Waals surface area contributed by atoms with Gasteiger partial charge in [0.25, 0.3) is 5.91 Å². The van der Waals surface area contributed by atoms with Gasteiger partial charge in [-0.2, -0.15) is 17.5 Å². The molecule has 31 heavy (non-hydrogen) atoms. The summed E-state index contributed by atoms with van der Waals surface area (Å²) in [7, 11) is -3.97. The standard InChI is InChI=1S/C21H19F3N2O4S/c22-21(23,24)17-6-8-18(9-7-17)31(29,30)26-12-15-10-25(11-16(15)13-26)20(28)19(27)14-4-2-1-3-5-14/h1-9,19,27H,10-13H2/t19-/m1/s1. The smallest absolute Gasteiger partial charge is 0.378 e. The molecular formula is C21H19F3N2O4S. The number of rotatable bonds is 4. The minimum absolute atomic E-state index is 0.0594. The fraction of sp³-hybridized carbons (Fsp3) is 0.286. The average molecular weight is 452 g/mol. The van der Waals surface area contributed by atoms with Gasteiger partial charge in [-0.25, -0.2) is 8.42 Å². The zero-order valence-corrected chi connectivity index (χ0v) is 17.0. The van der Waals surface area contributed by atoms with Crippen LogP contribution >= 0.6 is 0 Å². The summed E-state index contributed by atoms with van der Waals surface area (Å²) in [5.41, 5.74) is 1.10. The highest BCUT2D eigenvalue weighted by molar-refractivity contribution is 7.89. The van der Waals surface area contributed by atoms with Crippen molar-refractivity contribution in [2.75, 3.05) is 26.2 Å². The number of amides is 1. The summed E-state index contributed by atoms with van der Waals surface area (Å²) in [4.78, 5) is 13.9. The van der Waals surface area contributed by atoms with Crippen LogP contribution in [0.2, 0.25) is 0 Å². The lowest BCUT2D eigenvalue weighted by Crippen LogP contribution is -2.38. The molecule has 1 atom stereocenters. The quantitative estimate of drug-likeness (QED) is 0.724. The number of sulfonamides is 1. The van der Waals surface area contributed by atoms with E-state index in [1.165, 1.54) is 9.21 Å². The van der Waals surface area contributed by atoms with E-state index < -0.39 is 33.8 Å². The number of hydrogen-bond acceptors (Lipinski definition) is 4. The molecular weight excluding hydrogens is 433 g/mol. The summed E-state index contributed by atoms with van der Waals surface area (Å²) in [5.74, 6) is -0.460. The Morgan fingerprint density at radius 2 is 1.45 bits per heavy atom. The molecule has 0 aromatic heterocycles. The van der Waals surface area contributed by atoms with Gasteiger partial charge in [0.15, 0.2) is 6.10 Å². The van der Waals surface area contributed by atoms with Crippen LogP contribution in [0, 0.1) is 0 Å². The predicted octanol–water partition coefficient (Wildman–Crippen LogP) is 2.58. The van der Waals surface area contributed by atoms with Crippen LogP contribution in [0.4, 0.5) is 13.2 Å². The third kappa shape index (κ3) is 4.10. The van der Waals surface area contributed by atoms with Crippen molar-refractivity contribution in [3.8, 4) is 0 Å². The van der Waals surface area contributed by atoms with Gasteiger partial charge >= 0.3 is 6.18 Å². The van der Waals surface area contributed by atoms with E-state index in [4.69, 9.17) is 0 Å². The van der Waals surface area contributed by atoms with Crippen LogP contribution in [-0.2, 0) is 21.0 Å². The van der Waals surface area contributed by atoms with Crippen LogP contribution in [0.25, 0.3) is 0 Å². The van der Waals surface area contributed by atoms with Gasteiger partial charge in [0.1, 0.15) is 0 Å². The molecule has 2 aliphatic rings. The molecule has 0 saturated heterocycles. The monoisotopic (exact) mass is 452 g/mol. The Morgan fingerprint density at radius 1 is 0.903 bits per heavy atom. The first-order valence-electron chi connectivity index (χ1n) is 9.46. The van der Waals surface area contributed by atoms with Crippen molar-refractivity contribution >= 4 is 15.9 Å². The van der Waals surface area contributed by atoms with E-state index in [0.29, 0.717) is 5.56 Å². The summed E-state index contributed by atoms with van der Waals surface area (Å²) >= 11 is 0. The van der Waals surface area contributed by atoms with E-state index >= 15 is 0 Å². The molecule has 0 saturated carbocycles. The molecule has 4 rings (SSSR count). The lowest BCUT2D eigenvalue weighted by atomic mass is 10.1. The number of aliphatic hydroxyl groups is 1. The van der Waals surface area contributed by atoms with E-state index in [2.05, 4.69) is 0 Å². The number of alkyl halides is 3. The maximum atomic E-state index is 12.8. The van der Waals surface area contributed by atoms with Crippen molar-refractivity contribution in [3.05, 3.63) is 76.9 Å². The molecule has 0 aliphatic carbocycles. The molecule has 1 N–H and O–H groups in total. The molecule has 10 heteroatoms. The molecule has 2 aromatic carbocycles. The highest BCUT2D eigenvalue weighted by atomic mass is 32.2. The van der Waals surface area contributed by atoms with Crippen molar-refractivity contribution in [3.63, 3.8) is 0 Å². The van der Waals surface area contributed by atoms with E-state index in [0.717, 1.165) is 35.4 Å². The normalized spacial score (nSPS) is 18.4. The highest BCUT2D eigenvalue weighted by Crippen LogP contribution is 2.33. The molecule has 0 radical (unpaired) electrons. The SMILES string of the molecule is O=C([C@H](O)c1ccccc1)N1CC2=C(C1)CN(S(=O)(=O)c1ccc(C(F)(F)F)cc1)C2. The number of carbonyl (C=O) groups is 1. The minimum Gasteiger partial charge on any atom is -0.378 e. The minimum atomic E-state index is -4.54. The van der Waals surface area contributed by atoms with E-state index in [-0.39, 0.29) is 31.1 Å². The highest BCUT2D eigenvalue weighted by Gasteiger charge is 2.39. The first-order valence-corrected chi connectivity index (χ1v) is 10.9. The van der Waals surface area contributed by atoms with Gasteiger partial charge in [0.2, 0.25) is 10.0 Å². The molecule has 0 bridgehead atoms. The number of hydrogen-bond donors (Lipinski definition) is 1. The molecule has 6 nitrogen and oxygen atoms in total. The van der Waals surface area contributed by atoms with E-state index in [1.54, 1.807) is 30.3 Å². The Balaban J connectivity index is 1.42. The van der Waals surface area contributed by atoms with Gasteiger partial charge in [0.05, 0.1) is 10.5 Å². The lowest BCUT2D eigenvalue weighted by molar-refractivity contribution is -0.139. The zero-order valence-electron chi connectivity index (χ0n) is 16.2. The van der Waals surface area contributed by atoms with E-state index in [9.17, 15) is 31.5 Å². The molecule has 2 aromatic rings. The molecule has 0 spiro atoms. The van der Waals surface area contributed by atoms with Crippen molar-refractivity contribution in [1.82, 2.24) is 9.21 Å². The van der Waals surface area contributed by atoms with Crippen LogP contribution in [-0.4, -0.2) is 54.8 Å². The molecule has 0 fully saturated rings. The van der Waals surface area contributed by atoms with Gasteiger partial charge in [-0.15, -0.1) is 0 Å². The van der Waals surface area contributed by atoms with Gasteiger partial charge < -0.3 is 10.0 Å². The summed E-state index contributed by atoms with van der Waals surface area (Å²) < 4.78 is 65.0. The second kappa shape index (κ2) is 7.77. The largest absolute Gasteiger partial charge is 0.416 e. The van der Waals surface area contributed by atoms with Crippen LogP contribution < -0.4 is 0 Å². The van der Waals surface area contributed by atoms with Crippen molar-refractivity contribution < 1.29 is 31.5 Å². The third-order valence-electron chi connectivity index (χ3n) is 5.48. The second-order valence-corrected chi connectivity index (χ2v) is 9.45. The molecule has 2 heterocycles. The van der Waals surface area contributed by atoms with Crippen LogP contribution in [0.3, 0.4) is 0 Å². The van der Waals surface area contributed by atoms with Gasteiger partial charge in [-0.3, -0.25) is 4.79 Å². The van der Waals surface area contributed by atoms with Gasteiger partial charge in [-0.1, -0.05) is 30.3 Å². The molecule has 2 aliphatic heterocycles. The first kappa shape index (κ1) is 21.5. The predicted molar refractivity (Wildman–Crippen MR) is 105 cm³/mol. The average Bonchev–Trinajstić information content (AvgIpc) is 3.33. The molecule has 1 amide bonds. The Kier molecular flexibility index (Phi) is 5.40. The van der Waals surface area contributed by atoms with Crippen molar-refractivity contribution in [2.45, 2.75) is 17.2 Å². The fourth-order valence-corrected chi connectivity index (χ4v) is 5.22. The maximum Gasteiger partial charge on any atom is 0.416 e. The van der Waals surface area contributed by atoms with Gasteiger partial charge in [-0.05, 0) is 41.0 Å². The summed E-state index contributed by atoms with van der Waals surface area (Å²) in [6, 6.07) is 11.9. The summed E-state index contributed by atoms with van der Waals surface area (Å²) in [6.07, 6.45) is -5.84. The Bertz CT molecular complexity index is 1110. The number of carbonyl (C=O) groups excluding carboxylic acids is 1. The maximum absolute atomic E-state index is 12.8. The fourth-order valence-electron chi connectivity index (χ4n) is 3.79. The third-order valence-corrected chi connectivity index (χ3v) is 7.28. The Hall–Kier alpha value is -2.69. The summed E-state index contributed by atoms with van der Waals surface area (Å²) in [5, 5.41) is 10.3. The molecule has 164 valence electrons. The molecule has 0 unspecified atom stereocenters. The Morgan fingerprint density at radius 3 is 1.97 bits per heavy atom. The van der Waals surface area contributed by atoms with E-state index in [1.807, 2.05) is 0 Å². The topological polar surface area (TPSA) is 77.9 Å². The number of benzene rings is 2. The van der Waals surface area contributed by atoms with Crippen molar-refractivity contribution in [1.29, 1.82) is 0 Å². The van der Waals surface area contributed by atoms with Gasteiger partial charge in [0, 0.05) is 26.2 Å². The van der Waals surface area contributed by atoms with Crippen LogP contribution in [0.1, 0.15) is 17.2 Å². The first-order chi connectivity index (χ1) is 14.6. The van der Waals surface area contributed by atoms with Crippen LogP contribution in [0.15, 0.2) is 70.6 Å².